The third kappa shape index (κ3) is 3.05. The molecule has 0 spiro atoms. The quantitative estimate of drug-likeness (QED) is 0.808. The smallest absolute Gasteiger partial charge is 0.277 e. The predicted octanol–water partition coefficient (Wildman–Crippen LogP) is 1.30. The lowest BCUT2D eigenvalue weighted by Gasteiger charge is -2.24. The van der Waals surface area contributed by atoms with Crippen molar-refractivity contribution in [1.82, 2.24) is 9.97 Å². The Hall–Kier alpha value is -2.48. The van der Waals surface area contributed by atoms with Gasteiger partial charge in [-0.25, -0.2) is 18.4 Å². The Balaban J connectivity index is 1.57. The number of hydrogen-bond acceptors (Lipinski definition) is 6. The van der Waals surface area contributed by atoms with Crippen LogP contribution in [-0.4, -0.2) is 55.4 Å². The van der Waals surface area contributed by atoms with Crippen molar-refractivity contribution in [2.75, 3.05) is 34.9 Å². The van der Waals surface area contributed by atoms with Crippen molar-refractivity contribution >= 4 is 27.4 Å². The highest BCUT2D eigenvalue weighted by Gasteiger charge is 2.32. The minimum Gasteiger partial charge on any atom is -0.340 e. The number of nitrogens with zero attached hydrogens (tertiary/aromatic N) is 4. The van der Waals surface area contributed by atoms with Gasteiger partial charge in [-0.05, 0) is 30.5 Å². The number of amides is 1. The van der Waals surface area contributed by atoms with Gasteiger partial charge in [-0.3, -0.25) is 4.79 Å². The highest BCUT2D eigenvalue weighted by Crippen LogP contribution is 2.29. The van der Waals surface area contributed by atoms with Crippen molar-refractivity contribution in [2.24, 2.45) is 0 Å². The zero-order valence-corrected chi connectivity index (χ0v) is 15.3. The number of carbonyl (C=O) groups excluding carboxylic acids is 1. The highest BCUT2D eigenvalue weighted by molar-refractivity contribution is 7.91. The van der Waals surface area contributed by atoms with E-state index in [9.17, 15) is 13.2 Å². The van der Waals surface area contributed by atoms with E-state index >= 15 is 0 Å². The van der Waals surface area contributed by atoms with Gasteiger partial charge in [-0.15, -0.1) is 0 Å². The summed E-state index contributed by atoms with van der Waals surface area (Å²) in [7, 11) is -1.22. The predicted molar refractivity (Wildman–Crippen MR) is 99.3 cm³/mol. The SMILES string of the molecule is CN(c1nccc(C(=O)N2CCc3ccccc32)n1)C1CCS(=O)(=O)C1. The number of sulfone groups is 1. The fraction of sp³-hybridized carbons (Fsp3) is 0.389. The minimum atomic E-state index is -2.99. The van der Waals surface area contributed by atoms with Gasteiger partial charge in [0.25, 0.3) is 5.91 Å². The maximum Gasteiger partial charge on any atom is 0.277 e. The lowest BCUT2D eigenvalue weighted by Crippen LogP contribution is -2.35. The van der Waals surface area contributed by atoms with Gasteiger partial charge in [0.1, 0.15) is 5.69 Å². The van der Waals surface area contributed by atoms with Crippen LogP contribution >= 0.6 is 0 Å². The number of aromatic nitrogens is 2. The molecule has 1 aromatic heterocycles. The third-order valence-electron chi connectivity index (χ3n) is 5.07. The van der Waals surface area contributed by atoms with Crippen LogP contribution in [0.15, 0.2) is 36.5 Å². The summed E-state index contributed by atoms with van der Waals surface area (Å²) in [5.74, 6) is 0.506. The van der Waals surface area contributed by atoms with Gasteiger partial charge in [0.05, 0.1) is 11.5 Å². The van der Waals surface area contributed by atoms with Gasteiger partial charge in [0.2, 0.25) is 5.95 Å². The molecule has 26 heavy (non-hydrogen) atoms. The molecule has 4 rings (SSSR count). The van der Waals surface area contributed by atoms with E-state index in [4.69, 9.17) is 0 Å². The van der Waals surface area contributed by atoms with Crippen LogP contribution in [0.3, 0.4) is 0 Å². The summed E-state index contributed by atoms with van der Waals surface area (Å²) in [6, 6.07) is 9.31. The zero-order valence-electron chi connectivity index (χ0n) is 14.5. The Labute approximate surface area is 152 Å². The number of para-hydroxylation sites is 1. The first kappa shape index (κ1) is 17.0. The number of fused-ring (bicyclic) bond motifs is 1. The zero-order chi connectivity index (χ0) is 18.3. The Morgan fingerprint density at radius 2 is 2.08 bits per heavy atom. The largest absolute Gasteiger partial charge is 0.340 e. The highest BCUT2D eigenvalue weighted by atomic mass is 32.2. The molecule has 0 bridgehead atoms. The van der Waals surface area contributed by atoms with E-state index < -0.39 is 9.84 Å². The van der Waals surface area contributed by atoms with Crippen LogP contribution in [0.4, 0.5) is 11.6 Å². The molecule has 136 valence electrons. The average Bonchev–Trinajstić information content (AvgIpc) is 3.23. The summed E-state index contributed by atoms with van der Waals surface area (Å²) in [6.07, 6.45) is 2.94. The second-order valence-corrected chi connectivity index (χ2v) is 8.97. The summed E-state index contributed by atoms with van der Waals surface area (Å²) in [6.45, 7) is 0.633. The van der Waals surface area contributed by atoms with Crippen LogP contribution in [-0.2, 0) is 16.3 Å². The first-order valence-corrected chi connectivity index (χ1v) is 10.4. The van der Waals surface area contributed by atoms with E-state index in [1.54, 1.807) is 29.1 Å². The molecule has 1 saturated heterocycles. The molecule has 1 unspecified atom stereocenters. The summed E-state index contributed by atoms with van der Waals surface area (Å²) in [5.41, 5.74) is 2.40. The third-order valence-corrected chi connectivity index (χ3v) is 6.82. The van der Waals surface area contributed by atoms with Crippen LogP contribution < -0.4 is 9.80 Å². The maximum atomic E-state index is 12.9. The van der Waals surface area contributed by atoms with Crippen molar-refractivity contribution < 1.29 is 13.2 Å². The van der Waals surface area contributed by atoms with Gasteiger partial charge in [-0.1, -0.05) is 18.2 Å². The first-order valence-electron chi connectivity index (χ1n) is 8.61. The molecule has 2 aliphatic rings. The number of benzene rings is 1. The van der Waals surface area contributed by atoms with Gasteiger partial charge in [-0.2, -0.15) is 0 Å². The van der Waals surface area contributed by atoms with Crippen molar-refractivity contribution in [3.8, 4) is 0 Å². The molecule has 8 heteroatoms. The van der Waals surface area contributed by atoms with E-state index in [0.717, 1.165) is 17.7 Å². The molecule has 2 aliphatic heterocycles. The van der Waals surface area contributed by atoms with Gasteiger partial charge < -0.3 is 9.80 Å². The standard InChI is InChI=1S/C18H20N4O3S/c1-21(14-8-11-26(24,25)12-14)18-19-9-6-15(20-18)17(23)22-10-7-13-4-2-3-5-16(13)22/h2-6,9,14H,7-8,10-12H2,1H3. The monoisotopic (exact) mass is 372 g/mol. The average molecular weight is 372 g/mol. The van der Waals surface area contributed by atoms with Gasteiger partial charge in [0.15, 0.2) is 9.84 Å². The molecular formula is C18H20N4O3S. The van der Waals surface area contributed by atoms with E-state index in [1.807, 2.05) is 24.3 Å². The molecule has 0 N–H and O–H groups in total. The normalized spacial score (nSPS) is 20.8. The Kier molecular flexibility index (Phi) is 4.14. The lowest BCUT2D eigenvalue weighted by molar-refractivity contribution is 0.0984. The molecule has 0 saturated carbocycles. The molecule has 1 aromatic carbocycles. The molecule has 1 fully saturated rings. The van der Waals surface area contributed by atoms with Crippen LogP contribution in [0.2, 0.25) is 0 Å². The van der Waals surface area contributed by atoms with Crippen LogP contribution in [0.25, 0.3) is 0 Å². The minimum absolute atomic E-state index is 0.102. The van der Waals surface area contributed by atoms with E-state index in [0.29, 0.717) is 24.6 Å². The Bertz CT molecular complexity index is 960. The first-order chi connectivity index (χ1) is 12.4. The molecule has 1 atom stereocenters. The number of carbonyl (C=O) groups is 1. The van der Waals surface area contributed by atoms with E-state index in [-0.39, 0.29) is 23.5 Å². The summed E-state index contributed by atoms with van der Waals surface area (Å²) in [4.78, 5) is 25.1. The van der Waals surface area contributed by atoms with Crippen molar-refractivity contribution in [3.63, 3.8) is 0 Å². The van der Waals surface area contributed by atoms with Crippen molar-refractivity contribution in [1.29, 1.82) is 0 Å². The number of rotatable bonds is 3. The fourth-order valence-corrected chi connectivity index (χ4v) is 5.34. The fourth-order valence-electron chi connectivity index (χ4n) is 3.57. The molecule has 3 heterocycles. The maximum absolute atomic E-state index is 12.9. The van der Waals surface area contributed by atoms with Crippen molar-refractivity contribution in [2.45, 2.75) is 18.9 Å². The topological polar surface area (TPSA) is 83.5 Å². The van der Waals surface area contributed by atoms with E-state index in [2.05, 4.69) is 9.97 Å². The Morgan fingerprint density at radius 3 is 2.85 bits per heavy atom. The second kappa shape index (κ2) is 6.35. The Morgan fingerprint density at radius 1 is 1.27 bits per heavy atom. The summed E-state index contributed by atoms with van der Waals surface area (Å²) in [5, 5.41) is 0. The van der Waals surface area contributed by atoms with Gasteiger partial charge in [0, 0.05) is 31.5 Å². The van der Waals surface area contributed by atoms with Crippen LogP contribution in [0, 0.1) is 0 Å². The van der Waals surface area contributed by atoms with Crippen molar-refractivity contribution in [3.05, 3.63) is 47.8 Å². The van der Waals surface area contributed by atoms with Crippen LogP contribution in [0.1, 0.15) is 22.5 Å². The molecule has 0 radical (unpaired) electrons. The molecule has 1 amide bonds. The van der Waals surface area contributed by atoms with E-state index in [1.165, 1.54) is 0 Å². The second-order valence-electron chi connectivity index (χ2n) is 6.75. The lowest BCUT2D eigenvalue weighted by atomic mass is 10.2. The van der Waals surface area contributed by atoms with Gasteiger partial charge >= 0.3 is 0 Å². The molecular weight excluding hydrogens is 352 g/mol. The summed E-state index contributed by atoms with van der Waals surface area (Å²) < 4.78 is 23.4. The summed E-state index contributed by atoms with van der Waals surface area (Å²) >= 11 is 0. The van der Waals surface area contributed by atoms with Crippen LogP contribution in [0.5, 0.6) is 0 Å². The molecule has 7 nitrogen and oxygen atoms in total. The molecule has 0 aliphatic carbocycles. The number of hydrogen-bond donors (Lipinski definition) is 0. The number of anilines is 2. The molecule has 2 aromatic rings.